The van der Waals surface area contributed by atoms with E-state index in [1.807, 2.05) is 18.2 Å². The average molecular weight is 325 g/mol. The van der Waals surface area contributed by atoms with Gasteiger partial charge in [-0.2, -0.15) is 9.97 Å². The molecule has 0 aliphatic carbocycles. The van der Waals surface area contributed by atoms with E-state index >= 15 is 0 Å². The zero-order valence-electron chi connectivity index (χ0n) is 12.0. The van der Waals surface area contributed by atoms with Crippen LogP contribution in [-0.2, 0) is 0 Å². The molecule has 1 heterocycles. The van der Waals surface area contributed by atoms with E-state index in [0.29, 0.717) is 22.2 Å². The molecule has 3 rings (SSSR count). The average Bonchev–Trinajstić information content (AvgIpc) is 2.54. The van der Waals surface area contributed by atoms with Crippen LogP contribution in [0.4, 0.5) is 5.95 Å². The van der Waals surface area contributed by atoms with Gasteiger partial charge in [-0.05, 0) is 35.9 Å². The minimum absolute atomic E-state index is 0.0886. The van der Waals surface area contributed by atoms with Crippen molar-refractivity contribution in [3.63, 3.8) is 0 Å². The molecule has 0 aliphatic rings. The SMILES string of the molecule is Nc1nc(/C=C/c2ccc(Cl)cc2)nc(-c2ccccc2O)n1. The highest BCUT2D eigenvalue weighted by atomic mass is 35.5. The molecule has 114 valence electrons. The Bertz CT molecular complexity index is 863. The quantitative estimate of drug-likeness (QED) is 0.768. The molecule has 1 aromatic heterocycles. The number of benzene rings is 2. The predicted molar refractivity (Wildman–Crippen MR) is 91.7 cm³/mol. The Morgan fingerprint density at radius 1 is 0.913 bits per heavy atom. The Labute approximate surface area is 138 Å². The molecular weight excluding hydrogens is 312 g/mol. The first kappa shape index (κ1) is 15.0. The highest BCUT2D eigenvalue weighted by Gasteiger charge is 2.09. The monoisotopic (exact) mass is 324 g/mol. The molecule has 0 radical (unpaired) electrons. The van der Waals surface area contributed by atoms with Crippen LogP contribution >= 0.6 is 11.6 Å². The summed E-state index contributed by atoms with van der Waals surface area (Å²) in [6.45, 7) is 0. The van der Waals surface area contributed by atoms with Crippen molar-refractivity contribution in [2.75, 3.05) is 5.73 Å². The number of hydrogen-bond donors (Lipinski definition) is 2. The van der Waals surface area contributed by atoms with Gasteiger partial charge >= 0.3 is 0 Å². The lowest BCUT2D eigenvalue weighted by atomic mass is 10.2. The lowest BCUT2D eigenvalue weighted by molar-refractivity contribution is 0.477. The number of phenols is 1. The normalized spacial score (nSPS) is 11.0. The van der Waals surface area contributed by atoms with Gasteiger partial charge < -0.3 is 10.8 Å². The van der Waals surface area contributed by atoms with Gasteiger partial charge in [0.1, 0.15) is 5.75 Å². The van der Waals surface area contributed by atoms with Crippen LogP contribution in [0, 0.1) is 0 Å². The Morgan fingerprint density at radius 3 is 2.39 bits per heavy atom. The zero-order valence-corrected chi connectivity index (χ0v) is 12.8. The van der Waals surface area contributed by atoms with Crippen LogP contribution in [0.15, 0.2) is 48.5 Å². The summed E-state index contributed by atoms with van der Waals surface area (Å²) in [7, 11) is 0. The van der Waals surface area contributed by atoms with Crippen molar-refractivity contribution < 1.29 is 5.11 Å². The highest BCUT2D eigenvalue weighted by Crippen LogP contribution is 2.26. The highest BCUT2D eigenvalue weighted by molar-refractivity contribution is 6.30. The molecule has 0 saturated heterocycles. The second kappa shape index (κ2) is 6.46. The van der Waals surface area contributed by atoms with Crippen LogP contribution in [0.1, 0.15) is 11.4 Å². The molecule has 6 heteroatoms. The first-order valence-electron chi connectivity index (χ1n) is 6.85. The van der Waals surface area contributed by atoms with Crippen LogP contribution in [-0.4, -0.2) is 20.1 Å². The number of para-hydroxylation sites is 1. The van der Waals surface area contributed by atoms with Crippen molar-refractivity contribution in [1.29, 1.82) is 0 Å². The van der Waals surface area contributed by atoms with Crippen molar-refractivity contribution in [3.8, 4) is 17.1 Å². The fourth-order valence-electron chi connectivity index (χ4n) is 2.01. The first-order valence-corrected chi connectivity index (χ1v) is 7.23. The fourth-order valence-corrected chi connectivity index (χ4v) is 2.14. The maximum Gasteiger partial charge on any atom is 0.224 e. The Morgan fingerprint density at radius 2 is 1.65 bits per heavy atom. The standard InChI is InChI=1S/C17H13ClN4O/c18-12-8-5-11(6-9-12)7-10-15-20-16(22-17(19)21-15)13-3-1-2-4-14(13)23/h1-10,23H,(H2,19,20,21,22)/b10-7+. The zero-order chi connectivity index (χ0) is 16.2. The summed E-state index contributed by atoms with van der Waals surface area (Å²) in [5.41, 5.74) is 7.20. The first-order chi connectivity index (χ1) is 11.1. The number of aromatic nitrogens is 3. The third-order valence-electron chi connectivity index (χ3n) is 3.11. The van der Waals surface area contributed by atoms with Gasteiger partial charge in [-0.15, -0.1) is 0 Å². The molecule has 5 nitrogen and oxygen atoms in total. The minimum atomic E-state index is 0.0886. The minimum Gasteiger partial charge on any atom is -0.507 e. The summed E-state index contributed by atoms with van der Waals surface area (Å²) >= 11 is 5.86. The summed E-state index contributed by atoms with van der Waals surface area (Å²) < 4.78 is 0. The van der Waals surface area contributed by atoms with Crippen LogP contribution in [0.2, 0.25) is 5.02 Å². The Hall–Kier alpha value is -2.92. The van der Waals surface area contributed by atoms with Crippen molar-refractivity contribution in [3.05, 3.63) is 64.9 Å². The molecule has 2 aromatic carbocycles. The summed E-state index contributed by atoms with van der Waals surface area (Å²) in [5, 5.41) is 10.6. The second-order valence-electron chi connectivity index (χ2n) is 4.78. The third kappa shape index (κ3) is 3.64. The molecule has 0 saturated carbocycles. The fraction of sp³-hybridized carbons (Fsp3) is 0. The molecule has 23 heavy (non-hydrogen) atoms. The van der Waals surface area contributed by atoms with E-state index in [1.165, 1.54) is 0 Å². The van der Waals surface area contributed by atoms with Gasteiger partial charge in [-0.1, -0.05) is 41.9 Å². The lowest BCUT2D eigenvalue weighted by Gasteiger charge is -2.04. The van der Waals surface area contributed by atoms with E-state index in [4.69, 9.17) is 17.3 Å². The molecule has 0 amide bonds. The largest absolute Gasteiger partial charge is 0.507 e. The van der Waals surface area contributed by atoms with E-state index in [2.05, 4.69) is 15.0 Å². The van der Waals surface area contributed by atoms with Crippen molar-refractivity contribution in [2.45, 2.75) is 0 Å². The number of hydrogen-bond acceptors (Lipinski definition) is 5. The van der Waals surface area contributed by atoms with Crippen LogP contribution in [0.25, 0.3) is 23.5 Å². The number of nitrogens with two attached hydrogens (primary N) is 1. The Balaban J connectivity index is 1.95. The van der Waals surface area contributed by atoms with Gasteiger partial charge in [0.15, 0.2) is 11.6 Å². The number of rotatable bonds is 3. The van der Waals surface area contributed by atoms with Crippen molar-refractivity contribution >= 4 is 29.7 Å². The van der Waals surface area contributed by atoms with Gasteiger partial charge in [0.25, 0.3) is 0 Å². The van der Waals surface area contributed by atoms with E-state index in [1.54, 1.807) is 42.5 Å². The molecule has 0 spiro atoms. The maximum atomic E-state index is 9.91. The van der Waals surface area contributed by atoms with Gasteiger partial charge in [0.05, 0.1) is 5.56 Å². The molecule has 0 bridgehead atoms. The molecule has 0 fully saturated rings. The number of nitrogen functional groups attached to an aromatic ring is 1. The summed E-state index contributed by atoms with van der Waals surface area (Å²) in [6.07, 6.45) is 3.57. The van der Waals surface area contributed by atoms with Crippen molar-refractivity contribution in [1.82, 2.24) is 15.0 Å². The molecule has 0 unspecified atom stereocenters. The topological polar surface area (TPSA) is 84.9 Å². The van der Waals surface area contributed by atoms with E-state index in [0.717, 1.165) is 5.56 Å². The summed E-state index contributed by atoms with van der Waals surface area (Å²) in [5.74, 6) is 0.914. The molecule has 0 aliphatic heterocycles. The molecular formula is C17H13ClN4O. The second-order valence-corrected chi connectivity index (χ2v) is 5.21. The predicted octanol–water partition coefficient (Wildman–Crippen LogP) is 3.65. The molecule has 3 N–H and O–H groups in total. The van der Waals surface area contributed by atoms with Crippen LogP contribution in [0.3, 0.4) is 0 Å². The molecule has 0 atom stereocenters. The number of anilines is 1. The molecule has 3 aromatic rings. The third-order valence-corrected chi connectivity index (χ3v) is 3.36. The number of aromatic hydroxyl groups is 1. The number of nitrogens with zero attached hydrogens (tertiary/aromatic N) is 3. The smallest absolute Gasteiger partial charge is 0.224 e. The van der Waals surface area contributed by atoms with E-state index in [9.17, 15) is 5.11 Å². The maximum absolute atomic E-state index is 9.91. The summed E-state index contributed by atoms with van der Waals surface area (Å²) in [6, 6.07) is 14.2. The van der Waals surface area contributed by atoms with Gasteiger partial charge in [-0.3, -0.25) is 0 Å². The van der Waals surface area contributed by atoms with Crippen molar-refractivity contribution in [2.24, 2.45) is 0 Å². The number of phenolic OH excluding ortho intramolecular Hbond substituents is 1. The van der Waals surface area contributed by atoms with E-state index in [-0.39, 0.29) is 11.7 Å². The Kier molecular flexibility index (Phi) is 4.21. The van der Waals surface area contributed by atoms with Gasteiger partial charge in [0.2, 0.25) is 5.95 Å². The van der Waals surface area contributed by atoms with Gasteiger partial charge in [-0.25, -0.2) is 4.98 Å². The van der Waals surface area contributed by atoms with Crippen LogP contribution in [0.5, 0.6) is 5.75 Å². The lowest BCUT2D eigenvalue weighted by Crippen LogP contribution is -2.02. The number of halogens is 1. The van der Waals surface area contributed by atoms with Crippen LogP contribution < -0.4 is 5.73 Å². The van der Waals surface area contributed by atoms with E-state index < -0.39 is 0 Å². The van der Waals surface area contributed by atoms with Gasteiger partial charge in [0, 0.05) is 5.02 Å². The summed E-state index contributed by atoms with van der Waals surface area (Å²) in [4.78, 5) is 12.5.